The molecule has 0 aliphatic carbocycles. The monoisotopic (exact) mass is 481 g/mol. The average Bonchev–Trinajstić information content (AvgIpc) is 3.40. The molecule has 0 unspecified atom stereocenters. The highest BCUT2D eigenvalue weighted by Gasteiger charge is 2.34. The third kappa shape index (κ3) is 4.40. The summed E-state index contributed by atoms with van der Waals surface area (Å²) < 4.78 is 6.45. The van der Waals surface area contributed by atoms with E-state index in [4.69, 9.17) is 9.72 Å². The summed E-state index contributed by atoms with van der Waals surface area (Å²) in [7, 11) is 1.34. The first kappa shape index (κ1) is 23.5. The third-order valence-corrected chi connectivity index (χ3v) is 6.72. The van der Waals surface area contributed by atoms with E-state index in [2.05, 4.69) is 0 Å². The lowest BCUT2D eigenvalue weighted by molar-refractivity contribution is 0.0600. The maximum absolute atomic E-state index is 13.7. The van der Waals surface area contributed by atoms with Crippen molar-refractivity contribution in [1.29, 1.82) is 0 Å². The molecule has 0 bridgehead atoms. The Morgan fingerprint density at radius 1 is 0.972 bits per heavy atom. The van der Waals surface area contributed by atoms with Crippen LogP contribution in [0.1, 0.15) is 56.6 Å². The number of hydrogen-bond acceptors (Lipinski definition) is 5. The molecule has 0 N–H and O–H groups in total. The number of ether oxygens (including phenoxy) is 1. The van der Waals surface area contributed by atoms with Crippen LogP contribution in [0.5, 0.6) is 0 Å². The SMILES string of the molecule is COC(=O)c1ccc(Cn2c([C@@H]3CCCN3C(=O)c3ccc(C)cc3)nc3ccccc3c2=O)cc1. The minimum atomic E-state index is -0.414. The Hall–Kier alpha value is -4.26. The number of hydrogen-bond donors (Lipinski definition) is 0. The highest BCUT2D eigenvalue weighted by molar-refractivity contribution is 5.94. The molecule has 4 aromatic rings. The molecule has 1 fully saturated rings. The van der Waals surface area contributed by atoms with E-state index in [9.17, 15) is 14.4 Å². The summed E-state index contributed by atoms with van der Waals surface area (Å²) in [5, 5.41) is 0.529. The van der Waals surface area contributed by atoms with Crippen molar-refractivity contribution in [3.63, 3.8) is 0 Å². The van der Waals surface area contributed by atoms with Gasteiger partial charge in [-0.15, -0.1) is 0 Å². The first-order valence-electron chi connectivity index (χ1n) is 12.0. The summed E-state index contributed by atoms with van der Waals surface area (Å²) in [4.78, 5) is 45.7. The summed E-state index contributed by atoms with van der Waals surface area (Å²) in [6.45, 7) is 2.87. The van der Waals surface area contributed by atoms with Crippen LogP contribution in [0.4, 0.5) is 0 Å². The van der Waals surface area contributed by atoms with Crippen LogP contribution in [0.25, 0.3) is 10.9 Å². The van der Waals surface area contributed by atoms with Crippen LogP contribution in [-0.4, -0.2) is 40.0 Å². The molecule has 0 saturated carbocycles. The fourth-order valence-corrected chi connectivity index (χ4v) is 4.78. The zero-order chi connectivity index (χ0) is 25.2. The molecular formula is C29H27N3O4. The third-order valence-electron chi connectivity index (χ3n) is 6.72. The van der Waals surface area contributed by atoms with E-state index in [1.165, 1.54) is 7.11 Å². The number of aromatic nitrogens is 2. The predicted molar refractivity (Wildman–Crippen MR) is 137 cm³/mol. The molecule has 36 heavy (non-hydrogen) atoms. The molecule has 1 aliphatic rings. The van der Waals surface area contributed by atoms with Crippen molar-refractivity contribution in [3.8, 4) is 0 Å². The lowest BCUT2D eigenvalue weighted by atomic mass is 10.1. The lowest BCUT2D eigenvalue weighted by Crippen LogP contribution is -2.35. The second kappa shape index (κ2) is 9.77. The Labute approximate surface area is 209 Å². The summed E-state index contributed by atoms with van der Waals surface area (Å²) in [6.07, 6.45) is 1.56. The van der Waals surface area contributed by atoms with Gasteiger partial charge in [0.2, 0.25) is 0 Å². The van der Waals surface area contributed by atoms with Crippen LogP contribution in [-0.2, 0) is 11.3 Å². The van der Waals surface area contributed by atoms with Crippen molar-refractivity contribution >= 4 is 22.8 Å². The van der Waals surface area contributed by atoms with Gasteiger partial charge >= 0.3 is 5.97 Å². The van der Waals surface area contributed by atoms with Crippen LogP contribution in [0.3, 0.4) is 0 Å². The molecule has 2 heterocycles. The number of amides is 1. The minimum Gasteiger partial charge on any atom is -0.465 e. The predicted octanol–water partition coefficient (Wildman–Crippen LogP) is 4.52. The van der Waals surface area contributed by atoms with E-state index >= 15 is 0 Å². The van der Waals surface area contributed by atoms with Gasteiger partial charge in [-0.3, -0.25) is 14.2 Å². The number of fused-ring (bicyclic) bond motifs is 1. The Balaban J connectivity index is 1.57. The Morgan fingerprint density at radius 3 is 2.39 bits per heavy atom. The summed E-state index contributed by atoms with van der Waals surface area (Å²) >= 11 is 0. The molecular weight excluding hydrogens is 454 g/mol. The molecule has 7 heteroatoms. The lowest BCUT2D eigenvalue weighted by Gasteiger charge is -2.27. The molecule has 7 nitrogen and oxygen atoms in total. The Bertz CT molecular complexity index is 1490. The van der Waals surface area contributed by atoms with Crippen LogP contribution in [0.2, 0.25) is 0 Å². The molecule has 1 aliphatic heterocycles. The number of carbonyl (C=O) groups excluding carboxylic acids is 2. The fraction of sp³-hybridized carbons (Fsp3) is 0.241. The van der Waals surface area contributed by atoms with E-state index in [0.717, 1.165) is 24.0 Å². The van der Waals surface area contributed by atoms with E-state index in [1.807, 2.05) is 66.4 Å². The van der Waals surface area contributed by atoms with E-state index < -0.39 is 5.97 Å². The molecule has 1 amide bonds. The first-order valence-corrected chi connectivity index (χ1v) is 12.0. The average molecular weight is 482 g/mol. The van der Waals surface area contributed by atoms with E-state index in [1.54, 1.807) is 22.8 Å². The van der Waals surface area contributed by atoms with Crippen molar-refractivity contribution in [1.82, 2.24) is 14.5 Å². The number of benzene rings is 3. The minimum absolute atomic E-state index is 0.0612. The maximum Gasteiger partial charge on any atom is 0.337 e. The van der Waals surface area contributed by atoms with Crippen molar-refractivity contribution < 1.29 is 14.3 Å². The number of nitrogens with zero attached hydrogens (tertiary/aromatic N) is 3. The van der Waals surface area contributed by atoms with Crippen molar-refractivity contribution in [2.45, 2.75) is 32.4 Å². The van der Waals surface area contributed by atoms with Gasteiger partial charge in [-0.2, -0.15) is 0 Å². The number of likely N-dealkylation sites (tertiary alicyclic amines) is 1. The number of esters is 1. The number of carbonyl (C=O) groups is 2. The normalized spacial score (nSPS) is 15.3. The smallest absolute Gasteiger partial charge is 0.337 e. The van der Waals surface area contributed by atoms with Crippen molar-refractivity contribution in [3.05, 3.63) is 111 Å². The highest BCUT2D eigenvalue weighted by atomic mass is 16.5. The van der Waals surface area contributed by atoms with Gasteiger partial charge in [0.15, 0.2) is 0 Å². The van der Waals surface area contributed by atoms with E-state index in [0.29, 0.717) is 34.4 Å². The number of para-hydroxylation sites is 1. The molecule has 1 aromatic heterocycles. The molecule has 0 radical (unpaired) electrons. The highest BCUT2D eigenvalue weighted by Crippen LogP contribution is 2.33. The van der Waals surface area contributed by atoms with Crippen LogP contribution in [0, 0.1) is 6.92 Å². The van der Waals surface area contributed by atoms with E-state index in [-0.39, 0.29) is 24.1 Å². The number of aryl methyl sites for hydroxylation is 1. The van der Waals surface area contributed by atoms with Gasteiger partial charge in [-0.1, -0.05) is 42.0 Å². The summed E-state index contributed by atoms with van der Waals surface area (Å²) in [6, 6.07) is 21.5. The van der Waals surface area contributed by atoms with Crippen molar-refractivity contribution in [2.24, 2.45) is 0 Å². The van der Waals surface area contributed by atoms with Crippen LogP contribution >= 0.6 is 0 Å². The Morgan fingerprint density at radius 2 is 1.67 bits per heavy atom. The van der Waals surface area contributed by atoms with Gasteiger partial charge in [0, 0.05) is 12.1 Å². The van der Waals surface area contributed by atoms with Gasteiger partial charge in [-0.05, 0) is 61.7 Å². The fourth-order valence-electron chi connectivity index (χ4n) is 4.78. The van der Waals surface area contributed by atoms with Crippen LogP contribution in [0.15, 0.2) is 77.6 Å². The van der Waals surface area contributed by atoms with Gasteiger partial charge in [0.25, 0.3) is 11.5 Å². The molecule has 1 atom stereocenters. The van der Waals surface area contributed by atoms with Crippen LogP contribution < -0.4 is 5.56 Å². The topological polar surface area (TPSA) is 81.5 Å². The summed E-state index contributed by atoms with van der Waals surface area (Å²) in [5.74, 6) is 0.102. The van der Waals surface area contributed by atoms with Gasteiger partial charge in [0.05, 0.1) is 36.2 Å². The first-order chi connectivity index (χ1) is 17.5. The largest absolute Gasteiger partial charge is 0.465 e. The zero-order valence-corrected chi connectivity index (χ0v) is 20.3. The maximum atomic E-state index is 13.7. The molecule has 5 rings (SSSR count). The van der Waals surface area contributed by atoms with Crippen molar-refractivity contribution in [2.75, 3.05) is 13.7 Å². The molecule has 0 spiro atoms. The van der Waals surface area contributed by atoms with Gasteiger partial charge in [-0.25, -0.2) is 9.78 Å². The molecule has 3 aromatic carbocycles. The zero-order valence-electron chi connectivity index (χ0n) is 20.3. The second-order valence-corrected chi connectivity index (χ2v) is 9.09. The second-order valence-electron chi connectivity index (χ2n) is 9.09. The number of rotatable bonds is 5. The molecule has 182 valence electrons. The quantitative estimate of drug-likeness (QED) is 0.392. The van der Waals surface area contributed by atoms with Gasteiger partial charge in [0.1, 0.15) is 5.82 Å². The number of methoxy groups -OCH3 is 1. The Kier molecular flexibility index (Phi) is 6.38. The summed E-state index contributed by atoms with van der Waals surface area (Å²) in [5.41, 5.74) is 3.47. The molecule has 1 saturated heterocycles. The van der Waals surface area contributed by atoms with Gasteiger partial charge < -0.3 is 9.64 Å². The standard InChI is InChI=1S/C29H27N3O4/c1-19-9-13-21(14-10-19)27(33)31-17-5-8-25(31)26-30-24-7-4-3-6-23(24)28(34)32(26)18-20-11-15-22(16-12-20)29(35)36-2/h3-4,6-7,9-16,25H,5,8,17-18H2,1-2H3/t25-/m0/s1.